The second-order valence-corrected chi connectivity index (χ2v) is 11.6. The molecule has 202 valence electrons. The molecule has 4 N–H and O–H groups in total. The molecule has 0 spiro atoms. The van der Waals surface area contributed by atoms with E-state index in [0.717, 1.165) is 19.3 Å². The van der Waals surface area contributed by atoms with E-state index in [-0.39, 0.29) is 34.3 Å². The van der Waals surface area contributed by atoms with Crippen LogP contribution in [0.2, 0.25) is 0 Å². The standard InChI is InChI=1S/C24H22F4IN5O3S/c1-11-7-18(11)33-24(35)15-9-13(8-12-5-6-31-23(20(12)27)34-38(36,37)30-2)19(26)21(28)22(15)32-17-4-3-14(29)10-16(17)25/h3-6,9-11,18,30,32H,7-8H2,1-2H3,(H,31,34)(H,33,35)/t11-,18+/m1/s1. The number of pyridine rings is 1. The van der Waals surface area contributed by atoms with Crippen molar-refractivity contribution < 1.29 is 30.8 Å². The highest BCUT2D eigenvalue weighted by atomic mass is 127. The number of halogens is 5. The molecule has 1 fully saturated rings. The Morgan fingerprint density at radius 1 is 1.08 bits per heavy atom. The van der Waals surface area contributed by atoms with Crippen LogP contribution in [-0.4, -0.2) is 32.4 Å². The van der Waals surface area contributed by atoms with Gasteiger partial charge in [0.1, 0.15) is 5.82 Å². The molecule has 1 heterocycles. The van der Waals surface area contributed by atoms with Gasteiger partial charge in [-0.2, -0.15) is 8.42 Å². The fraction of sp³-hybridized carbons (Fsp3) is 0.250. The van der Waals surface area contributed by atoms with Crippen molar-refractivity contribution in [1.29, 1.82) is 0 Å². The summed E-state index contributed by atoms with van der Waals surface area (Å²) in [6, 6.07) is 6.14. The minimum atomic E-state index is -4.10. The Morgan fingerprint density at radius 2 is 1.79 bits per heavy atom. The van der Waals surface area contributed by atoms with Crippen LogP contribution in [0.1, 0.15) is 34.8 Å². The molecule has 2 atom stereocenters. The van der Waals surface area contributed by atoms with Gasteiger partial charge in [-0.25, -0.2) is 27.3 Å². The summed E-state index contributed by atoms with van der Waals surface area (Å²) in [5.74, 6) is -5.84. The number of anilines is 3. The van der Waals surface area contributed by atoms with Crippen LogP contribution in [0.15, 0.2) is 36.5 Å². The molecular weight excluding hydrogens is 641 g/mol. The van der Waals surface area contributed by atoms with Crippen LogP contribution in [0.25, 0.3) is 0 Å². The molecule has 1 aromatic heterocycles. The van der Waals surface area contributed by atoms with Crippen LogP contribution in [-0.2, 0) is 16.6 Å². The van der Waals surface area contributed by atoms with Gasteiger partial charge in [0.2, 0.25) is 0 Å². The summed E-state index contributed by atoms with van der Waals surface area (Å²) in [6.45, 7) is 1.91. The number of aromatic nitrogens is 1. The van der Waals surface area contributed by atoms with Gasteiger partial charge in [0.15, 0.2) is 23.3 Å². The summed E-state index contributed by atoms with van der Waals surface area (Å²) >= 11 is 1.89. The average molecular weight is 663 g/mol. The minimum Gasteiger partial charge on any atom is -0.350 e. The summed E-state index contributed by atoms with van der Waals surface area (Å²) in [7, 11) is -2.99. The molecule has 1 aliphatic carbocycles. The van der Waals surface area contributed by atoms with Crippen molar-refractivity contribution in [1.82, 2.24) is 15.0 Å². The molecule has 0 unspecified atom stereocenters. The second-order valence-electron chi connectivity index (χ2n) is 8.75. The van der Waals surface area contributed by atoms with E-state index in [1.54, 1.807) is 6.07 Å². The number of nitrogens with zero attached hydrogens (tertiary/aromatic N) is 1. The van der Waals surface area contributed by atoms with E-state index < -0.39 is 57.3 Å². The number of carbonyl (C=O) groups is 1. The SMILES string of the molecule is CNS(=O)(=O)Nc1nccc(Cc2cc(C(=O)N[C@H]3C[C@H]3C)c(Nc3ccc(I)cc3F)c(F)c2F)c1F. The highest BCUT2D eigenvalue weighted by Gasteiger charge is 2.35. The average Bonchev–Trinajstić information content (AvgIpc) is 3.56. The van der Waals surface area contributed by atoms with Crippen LogP contribution in [0, 0.1) is 32.8 Å². The van der Waals surface area contributed by atoms with Crippen molar-refractivity contribution in [3.8, 4) is 0 Å². The van der Waals surface area contributed by atoms with Gasteiger partial charge in [0, 0.05) is 29.3 Å². The normalized spacial score (nSPS) is 16.7. The quantitative estimate of drug-likeness (QED) is 0.198. The van der Waals surface area contributed by atoms with Crippen LogP contribution in [0.3, 0.4) is 0 Å². The van der Waals surface area contributed by atoms with E-state index in [0.29, 0.717) is 9.99 Å². The maximum atomic E-state index is 15.4. The lowest BCUT2D eigenvalue weighted by Gasteiger charge is -2.17. The van der Waals surface area contributed by atoms with Gasteiger partial charge in [-0.3, -0.25) is 9.52 Å². The van der Waals surface area contributed by atoms with Crippen molar-refractivity contribution in [3.63, 3.8) is 0 Å². The van der Waals surface area contributed by atoms with E-state index in [2.05, 4.69) is 15.6 Å². The first-order valence-corrected chi connectivity index (χ1v) is 13.8. The van der Waals surface area contributed by atoms with Crippen LogP contribution in [0.4, 0.5) is 34.8 Å². The predicted molar refractivity (Wildman–Crippen MR) is 142 cm³/mol. The number of rotatable bonds is 9. The van der Waals surface area contributed by atoms with Gasteiger partial charge in [-0.1, -0.05) is 6.92 Å². The third-order valence-corrected chi connectivity index (χ3v) is 7.66. The third kappa shape index (κ3) is 6.18. The molecule has 1 aliphatic rings. The molecule has 3 aromatic rings. The van der Waals surface area contributed by atoms with Gasteiger partial charge in [-0.05, 0) is 76.4 Å². The maximum absolute atomic E-state index is 15.4. The first kappa shape index (κ1) is 28.0. The van der Waals surface area contributed by atoms with Crippen LogP contribution >= 0.6 is 22.6 Å². The van der Waals surface area contributed by atoms with Gasteiger partial charge in [-0.15, -0.1) is 0 Å². The zero-order valence-electron chi connectivity index (χ0n) is 20.0. The lowest BCUT2D eigenvalue weighted by atomic mass is 9.99. The highest BCUT2D eigenvalue weighted by molar-refractivity contribution is 14.1. The molecule has 14 heteroatoms. The topological polar surface area (TPSA) is 112 Å². The maximum Gasteiger partial charge on any atom is 0.300 e. The number of amides is 1. The first-order valence-electron chi connectivity index (χ1n) is 11.3. The number of hydrogen-bond donors (Lipinski definition) is 4. The lowest BCUT2D eigenvalue weighted by Crippen LogP contribution is -2.28. The van der Waals surface area contributed by atoms with Crippen LogP contribution in [0.5, 0.6) is 0 Å². The zero-order chi connectivity index (χ0) is 27.8. The molecule has 0 bridgehead atoms. The Hall–Kier alpha value is -2.98. The monoisotopic (exact) mass is 663 g/mol. The summed E-state index contributed by atoms with van der Waals surface area (Å²) in [4.78, 5) is 16.7. The molecular formula is C24H22F4IN5O3S. The van der Waals surface area contributed by atoms with Crippen molar-refractivity contribution in [2.45, 2.75) is 25.8 Å². The molecule has 0 aliphatic heterocycles. The van der Waals surface area contributed by atoms with E-state index >= 15 is 13.2 Å². The minimum absolute atomic E-state index is 0.151. The van der Waals surface area contributed by atoms with Gasteiger partial charge < -0.3 is 10.6 Å². The molecule has 0 saturated heterocycles. The third-order valence-electron chi connectivity index (χ3n) is 5.99. The fourth-order valence-electron chi connectivity index (χ4n) is 3.68. The largest absolute Gasteiger partial charge is 0.350 e. The molecule has 2 aromatic carbocycles. The second kappa shape index (κ2) is 11.0. The lowest BCUT2D eigenvalue weighted by molar-refractivity contribution is 0.0949. The van der Waals surface area contributed by atoms with Crippen molar-refractivity contribution in [2.75, 3.05) is 17.1 Å². The summed E-state index contributed by atoms with van der Waals surface area (Å²) < 4.78 is 88.0. The molecule has 1 saturated carbocycles. The molecule has 8 nitrogen and oxygen atoms in total. The van der Waals surface area contributed by atoms with Crippen molar-refractivity contribution in [2.24, 2.45) is 5.92 Å². The van der Waals surface area contributed by atoms with E-state index in [9.17, 15) is 17.6 Å². The summed E-state index contributed by atoms with van der Waals surface area (Å²) in [6.07, 6.45) is 1.27. The van der Waals surface area contributed by atoms with E-state index in [4.69, 9.17) is 0 Å². The summed E-state index contributed by atoms with van der Waals surface area (Å²) in [5, 5.41) is 5.21. The first-order chi connectivity index (χ1) is 17.9. The highest BCUT2D eigenvalue weighted by Crippen LogP contribution is 2.34. The number of carbonyl (C=O) groups excluding carboxylic acids is 1. The zero-order valence-corrected chi connectivity index (χ0v) is 23.0. The van der Waals surface area contributed by atoms with Gasteiger partial charge in [0.25, 0.3) is 16.1 Å². The fourth-order valence-corrected chi connectivity index (χ4v) is 4.63. The predicted octanol–water partition coefficient (Wildman–Crippen LogP) is 4.59. The number of nitrogens with one attached hydrogen (secondary N) is 4. The van der Waals surface area contributed by atoms with Crippen molar-refractivity contribution >= 4 is 55.9 Å². The van der Waals surface area contributed by atoms with E-state index in [1.807, 2.05) is 39.0 Å². The summed E-state index contributed by atoms with van der Waals surface area (Å²) in [5.41, 5.74) is -1.64. The van der Waals surface area contributed by atoms with Gasteiger partial charge >= 0.3 is 0 Å². The smallest absolute Gasteiger partial charge is 0.300 e. The van der Waals surface area contributed by atoms with Crippen LogP contribution < -0.4 is 20.1 Å². The Morgan fingerprint density at radius 3 is 2.42 bits per heavy atom. The number of benzene rings is 2. The van der Waals surface area contributed by atoms with Crippen molar-refractivity contribution in [3.05, 3.63) is 80.1 Å². The Kier molecular flexibility index (Phi) is 8.13. The number of hydrogen-bond acceptors (Lipinski definition) is 5. The molecule has 1 amide bonds. The molecule has 38 heavy (non-hydrogen) atoms. The Labute approximate surface area is 229 Å². The Balaban J connectivity index is 1.75. The van der Waals surface area contributed by atoms with E-state index in [1.165, 1.54) is 18.2 Å². The van der Waals surface area contributed by atoms with Gasteiger partial charge in [0.05, 0.1) is 16.9 Å². The molecule has 0 radical (unpaired) electrons. The molecule has 4 rings (SSSR count). The Bertz CT molecular complexity index is 1520.